The molecular formula is C29H31N3O7. The highest BCUT2D eigenvalue weighted by Gasteiger charge is 2.44. The number of hydrogen-bond acceptors (Lipinski definition) is 9. The van der Waals surface area contributed by atoms with E-state index in [4.69, 9.17) is 9.15 Å². The maximum absolute atomic E-state index is 12.7. The molecule has 1 aromatic heterocycles. The number of benzene rings is 2. The zero-order chi connectivity index (χ0) is 27.5. The summed E-state index contributed by atoms with van der Waals surface area (Å²) in [6.45, 7) is 1.53. The summed E-state index contributed by atoms with van der Waals surface area (Å²) in [6.07, 6.45) is -1.08. The van der Waals surface area contributed by atoms with Crippen LogP contribution >= 0.6 is 0 Å². The summed E-state index contributed by atoms with van der Waals surface area (Å²) in [5.74, 6) is -0.0729. The number of furan rings is 1. The van der Waals surface area contributed by atoms with Gasteiger partial charge in [0.2, 0.25) is 0 Å². The standard InChI is InChI=1S/C29H31N3O7/c30-15-20(28(36)31-25-27(35)26(34)24(16-33)39-29(25)37)14-22-8-9-23(38-22)19-5-4-18-13-21(7-6-17(18)12-19)32-10-2-1-3-11-32/h4-9,12-14,24-27,29,33-35,37H,1-3,10-11,16H2,(H,31,36)/b20-14+/t24-,25-,26-,27-,29?/m1/s1. The molecule has 1 unspecified atom stereocenters. The van der Waals surface area contributed by atoms with Crippen molar-refractivity contribution in [2.75, 3.05) is 24.6 Å². The number of carbonyl (C=O) groups excluding carboxylic acids is 1. The number of carbonyl (C=O) groups is 1. The van der Waals surface area contributed by atoms with Gasteiger partial charge in [0.05, 0.1) is 6.61 Å². The van der Waals surface area contributed by atoms with Gasteiger partial charge in [-0.1, -0.05) is 18.2 Å². The molecule has 0 saturated carbocycles. The summed E-state index contributed by atoms with van der Waals surface area (Å²) < 4.78 is 10.9. The molecule has 2 fully saturated rings. The molecule has 0 spiro atoms. The molecule has 204 valence electrons. The van der Waals surface area contributed by atoms with Crippen LogP contribution in [0.25, 0.3) is 28.2 Å². The second-order valence-electron chi connectivity index (χ2n) is 9.89. The van der Waals surface area contributed by atoms with Crippen LogP contribution in [0.1, 0.15) is 25.0 Å². The molecule has 2 aliphatic rings. The fraction of sp³-hybridized carbons (Fsp3) is 0.379. The first-order valence-electron chi connectivity index (χ1n) is 13.0. The molecule has 0 bridgehead atoms. The van der Waals surface area contributed by atoms with Gasteiger partial charge in [0.1, 0.15) is 47.5 Å². The lowest BCUT2D eigenvalue weighted by Gasteiger charge is -2.40. The number of piperidine rings is 1. The highest BCUT2D eigenvalue weighted by molar-refractivity contribution is 6.01. The monoisotopic (exact) mass is 533 g/mol. The van der Waals surface area contributed by atoms with E-state index in [1.807, 2.05) is 18.2 Å². The largest absolute Gasteiger partial charge is 0.457 e. The summed E-state index contributed by atoms with van der Waals surface area (Å²) in [7, 11) is 0. The Kier molecular flexibility index (Phi) is 7.97. The number of hydrogen-bond donors (Lipinski definition) is 5. The van der Waals surface area contributed by atoms with Crippen LogP contribution in [0.2, 0.25) is 0 Å². The number of aliphatic hydroxyl groups excluding tert-OH is 4. The van der Waals surface area contributed by atoms with Crippen molar-refractivity contribution in [3.63, 3.8) is 0 Å². The van der Waals surface area contributed by atoms with Gasteiger partial charge in [-0.25, -0.2) is 0 Å². The predicted octanol–water partition coefficient (Wildman–Crippen LogP) is 1.91. The van der Waals surface area contributed by atoms with Crippen molar-refractivity contribution in [2.45, 2.75) is 49.9 Å². The maximum atomic E-state index is 12.7. The quantitative estimate of drug-likeness (QED) is 0.236. The molecule has 10 heteroatoms. The van der Waals surface area contributed by atoms with E-state index < -0.39 is 43.2 Å². The minimum absolute atomic E-state index is 0.263. The van der Waals surface area contributed by atoms with Crippen LogP contribution in [0.5, 0.6) is 0 Å². The molecule has 1 amide bonds. The van der Waals surface area contributed by atoms with Gasteiger partial charge in [0.15, 0.2) is 6.29 Å². The summed E-state index contributed by atoms with van der Waals surface area (Å²) in [5.41, 5.74) is 1.73. The van der Waals surface area contributed by atoms with Crippen molar-refractivity contribution >= 4 is 28.4 Å². The Hall–Kier alpha value is -3.72. The average Bonchev–Trinajstić information content (AvgIpc) is 3.44. The van der Waals surface area contributed by atoms with E-state index >= 15 is 0 Å². The molecule has 5 atom stereocenters. The zero-order valence-corrected chi connectivity index (χ0v) is 21.2. The van der Waals surface area contributed by atoms with E-state index in [2.05, 4.69) is 28.4 Å². The average molecular weight is 534 g/mol. The lowest BCUT2D eigenvalue weighted by molar-refractivity contribution is -0.253. The number of amides is 1. The molecule has 39 heavy (non-hydrogen) atoms. The molecule has 2 aliphatic heterocycles. The fourth-order valence-corrected chi connectivity index (χ4v) is 5.09. The molecule has 0 radical (unpaired) electrons. The van der Waals surface area contributed by atoms with E-state index in [9.17, 15) is 30.5 Å². The second-order valence-corrected chi connectivity index (χ2v) is 9.89. The highest BCUT2D eigenvalue weighted by Crippen LogP contribution is 2.30. The highest BCUT2D eigenvalue weighted by atomic mass is 16.6. The van der Waals surface area contributed by atoms with Crippen molar-refractivity contribution < 1.29 is 34.4 Å². The van der Waals surface area contributed by atoms with Gasteiger partial charge in [-0.3, -0.25) is 4.79 Å². The summed E-state index contributed by atoms with van der Waals surface area (Å²) in [6, 6.07) is 16.2. The van der Waals surface area contributed by atoms with Crippen LogP contribution in [0.15, 0.2) is 58.5 Å². The molecule has 10 nitrogen and oxygen atoms in total. The molecular weight excluding hydrogens is 502 g/mol. The van der Waals surface area contributed by atoms with E-state index in [1.54, 1.807) is 18.2 Å². The van der Waals surface area contributed by atoms with Crippen molar-refractivity contribution in [1.29, 1.82) is 5.26 Å². The Labute approximate surface area is 225 Å². The van der Waals surface area contributed by atoms with E-state index in [0.717, 1.165) is 29.4 Å². The number of anilines is 1. The first kappa shape index (κ1) is 26.9. The van der Waals surface area contributed by atoms with Crippen LogP contribution in [-0.4, -0.2) is 76.7 Å². The minimum Gasteiger partial charge on any atom is -0.457 e. The Morgan fingerprint density at radius 2 is 1.77 bits per heavy atom. The topological polar surface area (TPSA) is 159 Å². The van der Waals surface area contributed by atoms with Gasteiger partial charge in [-0.2, -0.15) is 5.26 Å². The lowest BCUT2D eigenvalue weighted by atomic mass is 9.97. The summed E-state index contributed by atoms with van der Waals surface area (Å²) in [5, 5.41) is 53.6. The van der Waals surface area contributed by atoms with Crippen molar-refractivity contribution in [2.24, 2.45) is 0 Å². The fourth-order valence-electron chi connectivity index (χ4n) is 5.09. The number of nitriles is 1. The van der Waals surface area contributed by atoms with E-state index in [1.165, 1.54) is 31.0 Å². The van der Waals surface area contributed by atoms with Crippen molar-refractivity contribution in [3.05, 3.63) is 59.9 Å². The van der Waals surface area contributed by atoms with Crippen LogP contribution in [-0.2, 0) is 9.53 Å². The SMILES string of the molecule is N#C/C(=C\c1ccc(-c2ccc3cc(N4CCCCC4)ccc3c2)o1)C(=O)N[C@H]1C(O)O[C@H](CO)[C@@H](O)[C@@H]1O. The van der Waals surface area contributed by atoms with Crippen molar-refractivity contribution in [1.82, 2.24) is 5.32 Å². The maximum Gasteiger partial charge on any atom is 0.262 e. The molecule has 5 N–H and O–H groups in total. The third kappa shape index (κ3) is 5.68. The van der Waals surface area contributed by atoms with Crippen LogP contribution in [0.4, 0.5) is 5.69 Å². The third-order valence-electron chi connectivity index (χ3n) is 7.31. The van der Waals surface area contributed by atoms with Gasteiger partial charge < -0.3 is 39.8 Å². The number of aliphatic hydroxyl groups is 4. The zero-order valence-electron chi connectivity index (χ0n) is 21.2. The van der Waals surface area contributed by atoms with Gasteiger partial charge in [0, 0.05) is 30.4 Å². The molecule has 5 rings (SSSR count). The lowest BCUT2D eigenvalue weighted by Crippen LogP contribution is -2.64. The number of rotatable bonds is 6. The first-order valence-corrected chi connectivity index (χ1v) is 13.0. The molecule has 3 aromatic rings. The summed E-state index contributed by atoms with van der Waals surface area (Å²) in [4.78, 5) is 15.1. The van der Waals surface area contributed by atoms with E-state index in [0.29, 0.717) is 5.76 Å². The number of fused-ring (bicyclic) bond motifs is 1. The van der Waals surface area contributed by atoms with Crippen LogP contribution < -0.4 is 10.2 Å². The van der Waals surface area contributed by atoms with Crippen molar-refractivity contribution in [3.8, 4) is 17.4 Å². The third-order valence-corrected chi connectivity index (χ3v) is 7.31. The van der Waals surface area contributed by atoms with Gasteiger partial charge in [0.25, 0.3) is 5.91 Å². The molecule has 2 aromatic carbocycles. The molecule has 0 aliphatic carbocycles. The first-order chi connectivity index (χ1) is 18.9. The Bertz CT molecular complexity index is 1410. The van der Waals surface area contributed by atoms with Gasteiger partial charge in [-0.05, 0) is 60.4 Å². The second kappa shape index (κ2) is 11.6. The smallest absolute Gasteiger partial charge is 0.262 e. The normalized spacial score (nSPS) is 25.9. The van der Waals surface area contributed by atoms with E-state index in [-0.39, 0.29) is 11.3 Å². The van der Waals surface area contributed by atoms with Gasteiger partial charge >= 0.3 is 0 Å². The Morgan fingerprint density at radius 1 is 1.03 bits per heavy atom. The number of ether oxygens (including phenoxy) is 1. The predicted molar refractivity (Wildman–Crippen MR) is 143 cm³/mol. The molecule has 2 saturated heterocycles. The molecule has 3 heterocycles. The van der Waals surface area contributed by atoms with Crippen LogP contribution in [0.3, 0.4) is 0 Å². The minimum atomic E-state index is -1.69. The Balaban J connectivity index is 1.30. The number of nitrogens with one attached hydrogen (secondary N) is 1. The number of nitrogens with zero attached hydrogens (tertiary/aromatic N) is 2. The Morgan fingerprint density at radius 3 is 2.51 bits per heavy atom. The van der Waals surface area contributed by atoms with Crippen LogP contribution in [0, 0.1) is 11.3 Å². The van der Waals surface area contributed by atoms with Gasteiger partial charge in [-0.15, -0.1) is 0 Å². The summed E-state index contributed by atoms with van der Waals surface area (Å²) >= 11 is 0.